The van der Waals surface area contributed by atoms with Crippen LogP contribution < -0.4 is 5.32 Å². The van der Waals surface area contributed by atoms with Crippen molar-refractivity contribution in [2.75, 3.05) is 19.6 Å². The van der Waals surface area contributed by atoms with E-state index in [9.17, 15) is 9.59 Å². The highest BCUT2D eigenvalue weighted by atomic mass is 35.5. The largest absolute Gasteiger partial charge is 0.444 e. The Morgan fingerprint density at radius 1 is 1.21 bits per heavy atom. The summed E-state index contributed by atoms with van der Waals surface area (Å²) in [6, 6.07) is 7.69. The van der Waals surface area contributed by atoms with Gasteiger partial charge in [0.25, 0.3) is 0 Å². The molecule has 1 aliphatic heterocycles. The monoisotopic (exact) mass is 405 g/mol. The van der Waals surface area contributed by atoms with Crippen LogP contribution in [-0.2, 0) is 16.1 Å². The molecule has 0 bridgehead atoms. The maximum atomic E-state index is 12.7. The number of nitrogens with one attached hydrogen (secondary N) is 1. The maximum Gasteiger partial charge on any atom is 0.407 e. The summed E-state index contributed by atoms with van der Waals surface area (Å²) in [6.45, 7) is 7.84. The summed E-state index contributed by atoms with van der Waals surface area (Å²) in [5.74, 6) is 0.471. The minimum absolute atomic E-state index is 0.107. The molecule has 3 rings (SSSR count). The Hall–Kier alpha value is -2.21. The first kappa shape index (κ1) is 20.5. The quantitative estimate of drug-likeness (QED) is 0.834. The van der Waals surface area contributed by atoms with Gasteiger partial charge < -0.3 is 19.5 Å². The first-order valence-electron chi connectivity index (χ1n) is 9.70. The van der Waals surface area contributed by atoms with Crippen molar-refractivity contribution in [3.05, 3.63) is 35.5 Å². The van der Waals surface area contributed by atoms with E-state index in [-0.39, 0.29) is 12.0 Å². The van der Waals surface area contributed by atoms with Crippen LogP contribution in [0.1, 0.15) is 33.6 Å². The number of ether oxygens (including phenoxy) is 1. The van der Waals surface area contributed by atoms with E-state index >= 15 is 0 Å². The Morgan fingerprint density at radius 3 is 2.61 bits per heavy atom. The number of hydrogen-bond donors (Lipinski definition) is 1. The summed E-state index contributed by atoms with van der Waals surface area (Å²) in [4.78, 5) is 26.4. The third-order valence-corrected chi connectivity index (χ3v) is 5.18. The second-order valence-corrected chi connectivity index (χ2v) is 8.79. The van der Waals surface area contributed by atoms with E-state index in [1.54, 1.807) is 0 Å². The lowest BCUT2D eigenvalue weighted by Crippen LogP contribution is -2.43. The highest BCUT2D eigenvalue weighted by Gasteiger charge is 2.24. The van der Waals surface area contributed by atoms with E-state index in [0.717, 1.165) is 23.7 Å². The predicted octanol–water partition coefficient (Wildman–Crippen LogP) is 4.06. The van der Waals surface area contributed by atoms with Gasteiger partial charge in [-0.25, -0.2) is 4.79 Å². The Morgan fingerprint density at radius 2 is 1.93 bits per heavy atom. The molecule has 2 aromatic rings. The van der Waals surface area contributed by atoms with Crippen molar-refractivity contribution in [2.45, 2.75) is 45.8 Å². The van der Waals surface area contributed by atoms with E-state index in [1.165, 1.54) is 0 Å². The molecule has 0 unspecified atom stereocenters. The zero-order chi connectivity index (χ0) is 20.3. The molecular weight excluding hydrogens is 378 g/mol. The first-order valence-corrected chi connectivity index (χ1v) is 10.1. The van der Waals surface area contributed by atoms with Gasteiger partial charge >= 0.3 is 6.09 Å². The second kappa shape index (κ2) is 8.43. The summed E-state index contributed by atoms with van der Waals surface area (Å²) in [5.41, 5.74) is 0.476. The average molecular weight is 406 g/mol. The van der Waals surface area contributed by atoms with Crippen LogP contribution in [0.25, 0.3) is 10.9 Å². The Balaban J connectivity index is 1.47. The van der Waals surface area contributed by atoms with E-state index < -0.39 is 5.60 Å². The van der Waals surface area contributed by atoms with E-state index in [2.05, 4.69) is 5.32 Å². The molecule has 7 heteroatoms. The van der Waals surface area contributed by atoms with Crippen molar-refractivity contribution in [2.24, 2.45) is 5.92 Å². The van der Waals surface area contributed by atoms with Gasteiger partial charge in [-0.15, -0.1) is 0 Å². The lowest BCUT2D eigenvalue weighted by Gasteiger charge is -2.32. The molecule has 1 aliphatic rings. The van der Waals surface area contributed by atoms with Gasteiger partial charge in [0.05, 0.1) is 0 Å². The lowest BCUT2D eigenvalue weighted by molar-refractivity contribution is -0.133. The summed E-state index contributed by atoms with van der Waals surface area (Å²) >= 11 is 6.09. The Kier molecular flexibility index (Phi) is 6.18. The minimum Gasteiger partial charge on any atom is -0.444 e. The third kappa shape index (κ3) is 5.41. The summed E-state index contributed by atoms with van der Waals surface area (Å²) < 4.78 is 7.21. The smallest absolute Gasteiger partial charge is 0.407 e. The zero-order valence-electron chi connectivity index (χ0n) is 16.7. The molecule has 1 aromatic heterocycles. The Bertz CT molecular complexity index is 848. The summed E-state index contributed by atoms with van der Waals surface area (Å²) in [7, 11) is 0. The number of hydrogen-bond acceptors (Lipinski definition) is 3. The number of nitrogens with zero attached hydrogens (tertiary/aromatic N) is 2. The SMILES string of the molecule is CC(C)(C)OC(=O)NCC1CCN(C(=O)Cn2ccc3ccc(Cl)cc32)CC1. The van der Waals surface area contributed by atoms with Crippen molar-refractivity contribution in [1.29, 1.82) is 0 Å². The molecule has 1 fully saturated rings. The number of carbonyl (C=O) groups excluding carboxylic acids is 2. The van der Waals surface area contributed by atoms with Gasteiger partial charge in [0.1, 0.15) is 12.1 Å². The van der Waals surface area contributed by atoms with Gasteiger partial charge in [-0.1, -0.05) is 17.7 Å². The standard InChI is InChI=1S/C21H28ClN3O3/c1-21(2,3)28-20(27)23-13-15-6-9-24(10-7-15)19(26)14-25-11-8-16-4-5-17(22)12-18(16)25/h4-5,8,11-12,15H,6-7,9-10,13-14H2,1-3H3,(H,23,27). The molecule has 0 spiro atoms. The molecule has 152 valence electrons. The fourth-order valence-corrected chi connectivity index (χ4v) is 3.64. The van der Waals surface area contributed by atoms with Crippen LogP contribution in [0.15, 0.2) is 30.5 Å². The van der Waals surface area contributed by atoms with Crippen molar-refractivity contribution in [1.82, 2.24) is 14.8 Å². The number of halogens is 1. The van der Waals surface area contributed by atoms with Crippen molar-refractivity contribution >= 4 is 34.5 Å². The molecule has 2 heterocycles. The zero-order valence-corrected chi connectivity index (χ0v) is 17.5. The van der Waals surface area contributed by atoms with Crippen molar-refractivity contribution in [3.8, 4) is 0 Å². The fourth-order valence-electron chi connectivity index (χ4n) is 3.47. The number of piperidine rings is 1. The number of rotatable bonds is 4. The first-order chi connectivity index (χ1) is 13.2. The van der Waals surface area contributed by atoms with E-state index in [4.69, 9.17) is 16.3 Å². The molecule has 0 atom stereocenters. The van der Waals surface area contributed by atoms with Gasteiger partial charge in [0, 0.05) is 36.4 Å². The highest BCUT2D eigenvalue weighted by molar-refractivity contribution is 6.31. The topological polar surface area (TPSA) is 63.6 Å². The highest BCUT2D eigenvalue weighted by Crippen LogP contribution is 2.22. The van der Waals surface area contributed by atoms with Crippen LogP contribution in [0.4, 0.5) is 4.79 Å². The van der Waals surface area contributed by atoms with Crippen LogP contribution in [0, 0.1) is 5.92 Å². The number of benzene rings is 1. The minimum atomic E-state index is -0.493. The third-order valence-electron chi connectivity index (χ3n) is 4.94. The maximum absolute atomic E-state index is 12.7. The van der Waals surface area contributed by atoms with Gasteiger partial charge in [0.2, 0.25) is 5.91 Å². The lowest BCUT2D eigenvalue weighted by atomic mass is 9.97. The van der Waals surface area contributed by atoms with Gasteiger partial charge in [-0.05, 0) is 63.1 Å². The fraction of sp³-hybridized carbons (Fsp3) is 0.524. The number of aromatic nitrogens is 1. The normalized spacial score (nSPS) is 15.6. The number of alkyl carbamates (subject to hydrolysis) is 1. The van der Waals surface area contributed by atoms with Crippen LogP contribution in [0.5, 0.6) is 0 Å². The van der Waals surface area contributed by atoms with Crippen LogP contribution in [0.2, 0.25) is 5.02 Å². The van der Waals surface area contributed by atoms with Gasteiger partial charge in [-0.2, -0.15) is 0 Å². The number of amides is 2. The van der Waals surface area contributed by atoms with E-state index in [0.29, 0.717) is 37.1 Å². The van der Waals surface area contributed by atoms with E-state index in [1.807, 2.05) is 60.7 Å². The van der Waals surface area contributed by atoms with Crippen LogP contribution in [0.3, 0.4) is 0 Å². The van der Waals surface area contributed by atoms with Crippen molar-refractivity contribution < 1.29 is 14.3 Å². The molecule has 1 N–H and O–H groups in total. The van der Waals surface area contributed by atoms with Gasteiger partial charge in [0.15, 0.2) is 0 Å². The molecule has 0 aliphatic carbocycles. The van der Waals surface area contributed by atoms with Gasteiger partial charge in [-0.3, -0.25) is 4.79 Å². The molecule has 1 saturated heterocycles. The molecule has 28 heavy (non-hydrogen) atoms. The molecule has 6 nitrogen and oxygen atoms in total. The second-order valence-electron chi connectivity index (χ2n) is 8.35. The summed E-state index contributed by atoms with van der Waals surface area (Å²) in [6.07, 6.45) is 3.29. The summed E-state index contributed by atoms with van der Waals surface area (Å²) in [5, 5.41) is 4.57. The van der Waals surface area contributed by atoms with Crippen molar-refractivity contribution in [3.63, 3.8) is 0 Å². The average Bonchev–Trinajstić information content (AvgIpc) is 3.01. The molecule has 0 saturated carbocycles. The molecular formula is C21H28ClN3O3. The molecule has 2 amide bonds. The Labute approximate surface area is 170 Å². The molecule has 1 aromatic carbocycles. The molecule has 0 radical (unpaired) electrons. The number of fused-ring (bicyclic) bond motifs is 1. The van der Waals surface area contributed by atoms with Crippen LogP contribution in [-0.4, -0.2) is 46.7 Å². The predicted molar refractivity (Wildman–Crippen MR) is 110 cm³/mol. The number of carbonyl (C=O) groups is 2. The number of likely N-dealkylation sites (tertiary alicyclic amines) is 1. The van der Waals surface area contributed by atoms with Crippen LogP contribution >= 0.6 is 11.6 Å².